The summed E-state index contributed by atoms with van der Waals surface area (Å²) in [7, 11) is 1.40. The second kappa shape index (κ2) is 12.2. The van der Waals surface area contributed by atoms with Gasteiger partial charge in [0.15, 0.2) is 0 Å². The number of carbonyl (C=O) groups excluding carboxylic acids is 3. The Morgan fingerprint density at radius 2 is 1.90 bits per heavy atom. The molecule has 1 saturated carbocycles. The number of methoxy groups -OCH3 is 1. The largest absolute Gasteiger partial charge is 0.494 e. The van der Waals surface area contributed by atoms with Gasteiger partial charge in [-0.3, -0.25) is 14.3 Å². The number of aromatic nitrogens is 3. The van der Waals surface area contributed by atoms with Crippen LogP contribution in [-0.2, 0) is 20.5 Å². The van der Waals surface area contributed by atoms with Crippen molar-refractivity contribution < 1.29 is 46.9 Å². The molecule has 0 unspecified atom stereocenters. The molecule has 3 aromatic rings. The third kappa shape index (κ3) is 6.32. The zero-order valence-corrected chi connectivity index (χ0v) is 28.3. The van der Waals surface area contributed by atoms with Gasteiger partial charge < -0.3 is 35.3 Å². The molecular formula is C34H39F3N6O7. The zero-order valence-electron chi connectivity index (χ0n) is 28.3. The maximum atomic E-state index is 14.9. The number of carbonyl (C=O) groups is 3. The van der Waals surface area contributed by atoms with Crippen molar-refractivity contribution in [3.8, 4) is 11.5 Å². The summed E-state index contributed by atoms with van der Waals surface area (Å²) in [5.41, 5.74) is -0.269. The molecule has 2 aromatic heterocycles. The molecule has 0 spiro atoms. The summed E-state index contributed by atoms with van der Waals surface area (Å²) < 4.78 is 63.3. The van der Waals surface area contributed by atoms with Crippen molar-refractivity contribution in [1.82, 2.24) is 25.0 Å². The monoisotopic (exact) mass is 700 g/mol. The highest BCUT2D eigenvalue weighted by atomic mass is 19.4. The Bertz CT molecular complexity index is 1920. The normalized spacial score (nSPS) is 20.4. The molecule has 3 amide bonds. The van der Waals surface area contributed by atoms with Crippen LogP contribution in [0.1, 0.15) is 80.3 Å². The number of benzene rings is 1. The molecule has 1 aliphatic carbocycles. The first-order valence-electron chi connectivity index (χ1n) is 16.1. The second-order valence-corrected chi connectivity index (χ2v) is 14.1. The van der Waals surface area contributed by atoms with Gasteiger partial charge in [0.25, 0.3) is 5.91 Å². The third-order valence-electron chi connectivity index (χ3n) is 9.17. The first-order valence-corrected chi connectivity index (χ1v) is 16.1. The Labute approximate surface area is 285 Å². The van der Waals surface area contributed by atoms with E-state index < -0.39 is 52.9 Å². The lowest BCUT2D eigenvalue weighted by molar-refractivity contribution is -0.265. The van der Waals surface area contributed by atoms with Crippen LogP contribution < -0.4 is 20.5 Å². The van der Waals surface area contributed by atoms with Gasteiger partial charge in [0.1, 0.15) is 40.3 Å². The van der Waals surface area contributed by atoms with Crippen LogP contribution in [0.4, 0.5) is 18.0 Å². The molecule has 1 fully saturated rings. The summed E-state index contributed by atoms with van der Waals surface area (Å²) in [6, 6.07) is 4.05. The minimum absolute atomic E-state index is 0.00608. The summed E-state index contributed by atoms with van der Waals surface area (Å²) in [5.74, 6) is -1.45. The van der Waals surface area contributed by atoms with Gasteiger partial charge in [-0.05, 0) is 70.7 Å². The number of alkyl halides is 3. The first kappa shape index (κ1) is 35.0. The van der Waals surface area contributed by atoms with Crippen LogP contribution in [0.3, 0.4) is 0 Å². The molecule has 3 aliphatic rings. The van der Waals surface area contributed by atoms with Gasteiger partial charge in [0.2, 0.25) is 11.5 Å². The predicted octanol–water partition coefficient (Wildman–Crippen LogP) is 4.11. The topological polar surface area (TPSA) is 171 Å². The molecule has 2 atom stereocenters. The van der Waals surface area contributed by atoms with Crippen LogP contribution in [0.15, 0.2) is 30.5 Å². The lowest BCUT2D eigenvalue weighted by Gasteiger charge is -2.32. The minimum atomic E-state index is -5.34. The van der Waals surface area contributed by atoms with E-state index in [2.05, 4.69) is 15.4 Å². The highest BCUT2D eigenvalue weighted by Crippen LogP contribution is 2.47. The summed E-state index contributed by atoms with van der Waals surface area (Å²) in [6.45, 7) is 5.24. The van der Waals surface area contributed by atoms with Crippen LogP contribution in [0.5, 0.6) is 11.5 Å². The van der Waals surface area contributed by atoms with Crippen molar-refractivity contribution in [2.45, 2.75) is 75.8 Å². The van der Waals surface area contributed by atoms with Crippen LogP contribution in [0, 0.1) is 0 Å². The molecule has 50 heavy (non-hydrogen) atoms. The van der Waals surface area contributed by atoms with Crippen molar-refractivity contribution in [3.05, 3.63) is 53.0 Å². The summed E-state index contributed by atoms with van der Waals surface area (Å²) >= 11 is 0. The van der Waals surface area contributed by atoms with Gasteiger partial charge in [-0.1, -0.05) is 6.08 Å². The number of nitrogens with two attached hydrogens (primary N) is 1. The molecular weight excluding hydrogens is 661 g/mol. The number of nitrogens with zero attached hydrogens (tertiary/aromatic N) is 4. The standard InChI is InChI=1S/C34H39F3N6O7/c1-31(2,3)50-30(46)42-10-8-18(9-11-42)26-27-22(32(4,17-49-27)29(38)45)14-24(40-26)33(47,34(35,36)37)16-39-28(44)19-12-20-15-43(21-6-7-21)41-25(20)23(13-19)48-5/h8,12-15,21,47H,6-7,9-11,16-17H2,1-5H3,(H2,38,45)(H,39,44)/t32-,33-/m0/s1. The number of fused-ring (bicyclic) bond motifs is 2. The number of rotatable bonds is 8. The molecule has 0 bridgehead atoms. The Hall–Kier alpha value is -4.86. The Morgan fingerprint density at radius 3 is 2.48 bits per heavy atom. The van der Waals surface area contributed by atoms with E-state index in [1.807, 2.05) is 0 Å². The number of hydrogen-bond donors (Lipinski definition) is 3. The Morgan fingerprint density at radius 1 is 1.18 bits per heavy atom. The summed E-state index contributed by atoms with van der Waals surface area (Å²) in [6.07, 6.45) is -0.474. The van der Waals surface area contributed by atoms with Gasteiger partial charge in [0, 0.05) is 35.8 Å². The van der Waals surface area contributed by atoms with E-state index >= 15 is 0 Å². The SMILES string of the molecule is COc1cc(C(=O)NC[C@](O)(c2cc3c(c(C4=CCN(C(=O)OC(C)(C)C)CC4)n2)OC[C@]3(C)C(N)=O)C(F)(F)F)cc2cn(C3CC3)nc12. The van der Waals surface area contributed by atoms with Crippen molar-refractivity contribution in [3.63, 3.8) is 0 Å². The fourth-order valence-corrected chi connectivity index (χ4v) is 5.97. The number of ether oxygens (including phenoxy) is 3. The molecule has 1 aromatic carbocycles. The van der Waals surface area contributed by atoms with E-state index in [9.17, 15) is 32.7 Å². The van der Waals surface area contributed by atoms with Crippen LogP contribution in [0.2, 0.25) is 0 Å². The number of hydrogen-bond acceptors (Lipinski definition) is 9. The zero-order chi connectivity index (χ0) is 36.4. The van der Waals surface area contributed by atoms with Crippen molar-refractivity contribution in [2.24, 2.45) is 5.73 Å². The van der Waals surface area contributed by atoms with E-state index in [0.29, 0.717) is 16.5 Å². The molecule has 16 heteroatoms. The molecule has 0 radical (unpaired) electrons. The number of amides is 3. The van der Waals surface area contributed by atoms with Crippen molar-refractivity contribution in [2.75, 3.05) is 33.4 Å². The highest BCUT2D eigenvalue weighted by Gasteiger charge is 2.58. The molecule has 6 rings (SSSR count). The van der Waals surface area contributed by atoms with Crippen LogP contribution in [-0.4, -0.2) is 87.8 Å². The van der Waals surface area contributed by atoms with Gasteiger partial charge in [-0.25, -0.2) is 9.78 Å². The number of pyridine rings is 1. The average Bonchev–Trinajstić information content (AvgIpc) is 3.72. The summed E-state index contributed by atoms with van der Waals surface area (Å²) in [5, 5.41) is 18.8. The third-order valence-corrected chi connectivity index (χ3v) is 9.17. The van der Waals surface area contributed by atoms with E-state index in [0.717, 1.165) is 18.9 Å². The van der Waals surface area contributed by atoms with E-state index in [1.54, 1.807) is 37.7 Å². The van der Waals surface area contributed by atoms with E-state index in [4.69, 9.17) is 19.9 Å². The number of aliphatic hydroxyl groups is 1. The molecule has 0 saturated heterocycles. The quantitative estimate of drug-likeness (QED) is 0.313. The van der Waals surface area contributed by atoms with Crippen molar-refractivity contribution in [1.29, 1.82) is 0 Å². The molecule has 4 N–H and O–H groups in total. The minimum Gasteiger partial charge on any atom is -0.494 e. The highest BCUT2D eigenvalue weighted by molar-refractivity contribution is 6.00. The maximum absolute atomic E-state index is 14.9. The van der Waals surface area contributed by atoms with Gasteiger partial charge in [0.05, 0.1) is 25.4 Å². The number of nitrogens with one attached hydrogen (secondary N) is 1. The fourth-order valence-electron chi connectivity index (χ4n) is 5.97. The molecule has 2 aliphatic heterocycles. The molecule has 13 nitrogen and oxygen atoms in total. The molecule has 268 valence electrons. The van der Waals surface area contributed by atoms with E-state index in [1.165, 1.54) is 31.1 Å². The Kier molecular flexibility index (Phi) is 8.52. The van der Waals surface area contributed by atoms with E-state index in [-0.39, 0.29) is 60.5 Å². The van der Waals surface area contributed by atoms with Crippen LogP contribution >= 0.6 is 0 Å². The second-order valence-electron chi connectivity index (χ2n) is 14.1. The predicted molar refractivity (Wildman–Crippen MR) is 174 cm³/mol. The van der Waals surface area contributed by atoms with Crippen molar-refractivity contribution >= 4 is 34.4 Å². The number of primary amides is 1. The summed E-state index contributed by atoms with van der Waals surface area (Å²) in [4.78, 5) is 44.3. The van der Waals surface area contributed by atoms with Gasteiger partial charge in [-0.15, -0.1) is 0 Å². The number of halogens is 3. The first-order chi connectivity index (χ1) is 23.3. The maximum Gasteiger partial charge on any atom is 0.424 e. The molecule has 4 heterocycles. The fraction of sp³-hybridized carbons (Fsp3) is 0.500. The lowest BCUT2D eigenvalue weighted by Crippen LogP contribution is -2.52. The smallest absolute Gasteiger partial charge is 0.424 e. The lowest BCUT2D eigenvalue weighted by atomic mass is 9.81. The average molecular weight is 701 g/mol. The van der Waals surface area contributed by atoms with Gasteiger partial charge >= 0.3 is 12.3 Å². The van der Waals surface area contributed by atoms with Crippen LogP contribution in [0.25, 0.3) is 16.5 Å². The van der Waals surface area contributed by atoms with Gasteiger partial charge in [-0.2, -0.15) is 18.3 Å². The Balaban J connectivity index is 1.35.